The number of carbonyl (C=O) groups excluding carboxylic acids is 1. The van der Waals surface area contributed by atoms with Gasteiger partial charge in [0.25, 0.3) is 0 Å². The van der Waals surface area contributed by atoms with Crippen LogP contribution in [0, 0.1) is 11.3 Å². The van der Waals surface area contributed by atoms with Crippen LogP contribution in [0.4, 0.5) is 0 Å². The number of hydrogen-bond acceptors (Lipinski definition) is 1. The van der Waals surface area contributed by atoms with Crippen LogP contribution < -0.4 is 0 Å². The zero-order valence-electron chi connectivity index (χ0n) is 7.97. The predicted molar refractivity (Wildman–Crippen MR) is 66.7 cm³/mol. The molecule has 3 heteroatoms. The highest BCUT2D eigenvalue weighted by molar-refractivity contribution is 14.1. The molecular formula is C11H12ClIO. The number of carbonyl (C=O) groups is 1. The summed E-state index contributed by atoms with van der Waals surface area (Å²) in [6.07, 6.45) is 8.15. The smallest absolute Gasteiger partial charge is 0.136 e. The van der Waals surface area contributed by atoms with Crippen LogP contribution in [0.3, 0.4) is 0 Å². The third kappa shape index (κ3) is 1.67. The molecule has 2 rings (SSSR count). The van der Waals surface area contributed by atoms with Gasteiger partial charge in [-0.3, -0.25) is 4.79 Å². The molecule has 0 heterocycles. The van der Waals surface area contributed by atoms with Crippen molar-refractivity contribution in [2.24, 2.45) is 11.3 Å². The van der Waals surface area contributed by atoms with Crippen LogP contribution in [0.2, 0.25) is 0 Å². The molecule has 0 saturated heterocycles. The normalized spacial score (nSPS) is 33.8. The molecule has 0 aliphatic heterocycles. The number of ketones is 1. The van der Waals surface area contributed by atoms with Gasteiger partial charge < -0.3 is 0 Å². The van der Waals surface area contributed by atoms with Crippen molar-refractivity contribution in [2.45, 2.75) is 23.7 Å². The molecule has 0 aromatic rings. The largest absolute Gasteiger partial charge is 0.299 e. The predicted octanol–water partition coefficient (Wildman–Crippen LogP) is 3.47. The van der Waals surface area contributed by atoms with Crippen molar-refractivity contribution in [3.8, 4) is 0 Å². The van der Waals surface area contributed by atoms with Crippen molar-refractivity contribution in [3.05, 3.63) is 23.3 Å². The molecule has 0 aromatic heterocycles. The fourth-order valence-electron chi connectivity index (χ4n) is 2.16. The first-order valence-electron chi connectivity index (χ1n) is 4.77. The van der Waals surface area contributed by atoms with Gasteiger partial charge in [-0.05, 0) is 25.8 Å². The van der Waals surface area contributed by atoms with E-state index in [-0.39, 0.29) is 5.41 Å². The van der Waals surface area contributed by atoms with Gasteiger partial charge in [-0.2, -0.15) is 0 Å². The molecule has 0 radical (unpaired) electrons. The Balaban J connectivity index is 2.22. The fourth-order valence-corrected chi connectivity index (χ4v) is 3.89. The van der Waals surface area contributed by atoms with Crippen LogP contribution in [0.1, 0.15) is 19.8 Å². The van der Waals surface area contributed by atoms with E-state index in [2.05, 4.69) is 28.7 Å². The Labute approximate surface area is 103 Å². The Morgan fingerprint density at radius 2 is 2.29 bits per heavy atom. The number of allylic oxidation sites excluding steroid dienone is 4. The van der Waals surface area contributed by atoms with Crippen molar-refractivity contribution in [1.29, 1.82) is 0 Å². The summed E-state index contributed by atoms with van der Waals surface area (Å²) in [5, 5.41) is 0.792. The van der Waals surface area contributed by atoms with E-state index in [4.69, 9.17) is 11.6 Å². The lowest BCUT2D eigenvalue weighted by Crippen LogP contribution is -2.29. The van der Waals surface area contributed by atoms with Gasteiger partial charge in [-0.15, -0.1) is 0 Å². The van der Waals surface area contributed by atoms with E-state index in [1.54, 1.807) is 6.92 Å². The molecule has 14 heavy (non-hydrogen) atoms. The minimum Gasteiger partial charge on any atom is -0.299 e. The maximum atomic E-state index is 11.6. The van der Waals surface area contributed by atoms with Crippen molar-refractivity contribution < 1.29 is 4.79 Å². The third-order valence-corrected chi connectivity index (χ3v) is 4.64. The van der Waals surface area contributed by atoms with E-state index in [0.29, 0.717) is 15.6 Å². The van der Waals surface area contributed by atoms with Crippen molar-refractivity contribution in [2.75, 3.05) is 0 Å². The van der Waals surface area contributed by atoms with Crippen LogP contribution in [0.15, 0.2) is 23.3 Å². The molecule has 0 aromatic carbocycles. The summed E-state index contributed by atoms with van der Waals surface area (Å²) in [7, 11) is 0. The van der Waals surface area contributed by atoms with Crippen molar-refractivity contribution >= 4 is 40.0 Å². The molecule has 76 valence electrons. The summed E-state index contributed by atoms with van der Waals surface area (Å²) in [5.74, 6) is 0.684. The zero-order chi connectivity index (χ0) is 10.3. The van der Waals surface area contributed by atoms with Crippen LogP contribution >= 0.6 is 34.2 Å². The second kappa shape index (κ2) is 3.63. The maximum Gasteiger partial charge on any atom is 0.136 e. The topological polar surface area (TPSA) is 17.1 Å². The molecule has 2 aliphatic carbocycles. The Morgan fingerprint density at radius 3 is 2.71 bits per heavy atom. The average Bonchev–Trinajstić information content (AvgIpc) is 2.84. The minimum absolute atomic E-state index is 0.0591. The number of alkyl halides is 1. The Kier molecular flexibility index (Phi) is 2.77. The van der Waals surface area contributed by atoms with Crippen molar-refractivity contribution in [1.82, 2.24) is 0 Å². The van der Waals surface area contributed by atoms with Crippen LogP contribution in [-0.2, 0) is 4.79 Å². The molecule has 1 fully saturated rings. The van der Waals surface area contributed by atoms with Crippen LogP contribution in [-0.4, -0.2) is 9.71 Å². The number of halogens is 2. The summed E-state index contributed by atoms with van der Waals surface area (Å²) in [4.78, 5) is 11.6. The van der Waals surface area contributed by atoms with Crippen LogP contribution in [0.5, 0.6) is 0 Å². The van der Waals surface area contributed by atoms with Gasteiger partial charge in [-0.25, -0.2) is 0 Å². The number of Topliss-reactive ketones (excluding diaryl/α,β-unsaturated/α-hetero) is 1. The molecule has 0 amide bonds. The van der Waals surface area contributed by atoms with E-state index in [1.807, 2.05) is 12.2 Å². The summed E-state index contributed by atoms with van der Waals surface area (Å²) >= 11 is 8.28. The second-order valence-corrected chi connectivity index (χ2v) is 5.97. The van der Waals surface area contributed by atoms with Gasteiger partial charge in [0, 0.05) is 20.3 Å². The molecule has 0 N–H and O–H groups in total. The zero-order valence-corrected chi connectivity index (χ0v) is 10.9. The number of hydrogen-bond donors (Lipinski definition) is 0. The van der Waals surface area contributed by atoms with Crippen LogP contribution in [0.25, 0.3) is 0 Å². The van der Waals surface area contributed by atoms with E-state index in [1.165, 1.54) is 0 Å². The molecule has 2 aliphatic rings. The standard InChI is InChI=1S/C11H12ClIO/c1-7(14)11(4-5-11)9-3-2-8(12)6-10(9)13/h2-3,6,9-10H,4-5H2,1H3. The van der Waals surface area contributed by atoms with E-state index in [0.717, 1.165) is 17.9 Å². The summed E-state index contributed by atoms with van der Waals surface area (Å²) in [6, 6.07) is 0. The first-order chi connectivity index (χ1) is 6.56. The lowest BCUT2D eigenvalue weighted by molar-refractivity contribution is -0.123. The Morgan fingerprint density at radius 1 is 1.64 bits per heavy atom. The van der Waals surface area contributed by atoms with E-state index >= 15 is 0 Å². The van der Waals surface area contributed by atoms with Gasteiger partial charge in [0.05, 0.1) is 0 Å². The first-order valence-corrected chi connectivity index (χ1v) is 6.39. The first kappa shape index (κ1) is 10.7. The molecule has 1 saturated carbocycles. The summed E-state index contributed by atoms with van der Waals surface area (Å²) < 4.78 is 0.358. The summed E-state index contributed by atoms with van der Waals surface area (Å²) in [6.45, 7) is 1.71. The molecule has 2 atom stereocenters. The molecule has 0 bridgehead atoms. The molecule has 1 nitrogen and oxygen atoms in total. The van der Waals surface area contributed by atoms with Gasteiger partial charge >= 0.3 is 0 Å². The SMILES string of the molecule is CC(=O)C1(C2C=CC(Cl)=CC2I)CC1. The monoisotopic (exact) mass is 322 g/mol. The van der Waals surface area contributed by atoms with Gasteiger partial charge in [0.1, 0.15) is 5.78 Å². The lowest BCUT2D eigenvalue weighted by Gasteiger charge is -2.27. The van der Waals surface area contributed by atoms with Gasteiger partial charge in [0.15, 0.2) is 0 Å². The van der Waals surface area contributed by atoms with Gasteiger partial charge in [-0.1, -0.05) is 46.3 Å². The van der Waals surface area contributed by atoms with E-state index in [9.17, 15) is 4.79 Å². The maximum absolute atomic E-state index is 11.6. The van der Waals surface area contributed by atoms with E-state index < -0.39 is 0 Å². The third-order valence-electron chi connectivity index (χ3n) is 3.25. The lowest BCUT2D eigenvalue weighted by atomic mass is 9.81. The highest BCUT2D eigenvalue weighted by Gasteiger charge is 2.54. The molecular weight excluding hydrogens is 310 g/mol. The average molecular weight is 323 g/mol. The Hall–Kier alpha value is 0.170. The number of rotatable bonds is 2. The molecule has 0 spiro atoms. The highest BCUT2D eigenvalue weighted by atomic mass is 127. The highest BCUT2D eigenvalue weighted by Crippen LogP contribution is 2.56. The van der Waals surface area contributed by atoms with Crippen molar-refractivity contribution in [3.63, 3.8) is 0 Å². The van der Waals surface area contributed by atoms with Gasteiger partial charge in [0.2, 0.25) is 0 Å². The second-order valence-electron chi connectivity index (χ2n) is 4.09. The molecule has 2 unspecified atom stereocenters. The Bertz CT molecular complexity index is 328. The quantitative estimate of drug-likeness (QED) is 0.562. The fraction of sp³-hybridized carbons (Fsp3) is 0.545. The minimum atomic E-state index is -0.0591. The summed E-state index contributed by atoms with van der Waals surface area (Å²) in [5.41, 5.74) is -0.0591.